The molecular formula is C16H22N2O2. The molecule has 2 fully saturated rings. The third-order valence-corrected chi connectivity index (χ3v) is 4.52. The second kappa shape index (κ2) is 5.54. The Hall–Kier alpha value is -1.39. The highest BCUT2D eigenvalue weighted by Gasteiger charge is 2.43. The van der Waals surface area contributed by atoms with Gasteiger partial charge >= 0.3 is 0 Å². The molecule has 20 heavy (non-hydrogen) atoms. The molecule has 1 N–H and O–H groups in total. The molecule has 1 aromatic carbocycles. The molecule has 0 bridgehead atoms. The number of benzene rings is 1. The Bertz CT molecular complexity index is 471. The zero-order chi connectivity index (χ0) is 14.0. The molecule has 1 aromatic rings. The van der Waals surface area contributed by atoms with Gasteiger partial charge in [-0.05, 0) is 25.5 Å². The Morgan fingerprint density at radius 2 is 2.20 bits per heavy atom. The van der Waals surface area contributed by atoms with E-state index in [4.69, 9.17) is 4.74 Å². The van der Waals surface area contributed by atoms with Crippen molar-refractivity contribution in [3.05, 3.63) is 35.9 Å². The van der Waals surface area contributed by atoms with Crippen molar-refractivity contribution >= 4 is 5.91 Å². The second-order valence-corrected chi connectivity index (χ2v) is 6.03. The number of ether oxygens (including phenoxy) is 1. The molecule has 2 atom stereocenters. The number of carbonyl (C=O) groups excluding carboxylic acids is 1. The molecule has 2 aliphatic rings. The van der Waals surface area contributed by atoms with Crippen molar-refractivity contribution in [2.45, 2.75) is 25.5 Å². The van der Waals surface area contributed by atoms with E-state index in [1.807, 2.05) is 23.1 Å². The van der Waals surface area contributed by atoms with Crippen LogP contribution in [0.2, 0.25) is 0 Å². The van der Waals surface area contributed by atoms with Gasteiger partial charge in [0.25, 0.3) is 0 Å². The summed E-state index contributed by atoms with van der Waals surface area (Å²) < 4.78 is 5.90. The predicted molar refractivity (Wildman–Crippen MR) is 77.2 cm³/mol. The van der Waals surface area contributed by atoms with Crippen LogP contribution in [0.5, 0.6) is 0 Å². The van der Waals surface area contributed by atoms with Crippen LogP contribution in [-0.2, 0) is 16.1 Å². The lowest BCUT2D eigenvalue weighted by Gasteiger charge is -2.43. The molecule has 108 valence electrons. The normalized spacial score (nSPS) is 30.8. The van der Waals surface area contributed by atoms with Crippen molar-refractivity contribution in [3.8, 4) is 0 Å². The molecule has 0 aromatic heterocycles. The van der Waals surface area contributed by atoms with Crippen LogP contribution >= 0.6 is 0 Å². The average molecular weight is 274 g/mol. The number of nitrogens with one attached hydrogen (secondary N) is 1. The average Bonchev–Trinajstić information content (AvgIpc) is 2.99. The van der Waals surface area contributed by atoms with Crippen LogP contribution in [0.4, 0.5) is 0 Å². The number of morpholine rings is 1. The van der Waals surface area contributed by atoms with Gasteiger partial charge in [-0.15, -0.1) is 0 Å². The summed E-state index contributed by atoms with van der Waals surface area (Å²) in [6, 6.07) is 10.2. The maximum absolute atomic E-state index is 12.1. The monoisotopic (exact) mass is 274 g/mol. The molecule has 4 nitrogen and oxygen atoms in total. The maximum Gasteiger partial charge on any atom is 0.248 e. The SMILES string of the molecule is CC1(C2CCNC2)CN(Cc2ccccc2)C(=O)CO1. The van der Waals surface area contributed by atoms with Gasteiger partial charge in [0, 0.05) is 19.0 Å². The molecule has 0 spiro atoms. The summed E-state index contributed by atoms with van der Waals surface area (Å²) in [4.78, 5) is 14.0. The van der Waals surface area contributed by atoms with E-state index in [9.17, 15) is 4.79 Å². The van der Waals surface area contributed by atoms with E-state index >= 15 is 0 Å². The lowest BCUT2D eigenvalue weighted by atomic mass is 9.86. The molecule has 2 saturated heterocycles. The Morgan fingerprint density at radius 1 is 1.40 bits per heavy atom. The minimum absolute atomic E-state index is 0.0947. The topological polar surface area (TPSA) is 41.6 Å². The van der Waals surface area contributed by atoms with Crippen LogP contribution in [0, 0.1) is 5.92 Å². The van der Waals surface area contributed by atoms with Crippen molar-refractivity contribution in [2.75, 3.05) is 26.2 Å². The summed E-state index contributed by atoms with van der Waals surface area (Å²) in [5.74, 6) is 0.589. The van der Waals surface area contributed by atoms with Crippen molar-refractivity contribution in [1.82, 2.24) is 10.2 Å². The standard InChI is InChI=1S/C16H22N2O2/c1-16(14-7-8-17-9-14)12-18(15(19)11-20-16)10-13-5-3-2-4-6-13/h2-6,14,17H,7-12H2,1H3. The first-order valence-corrected chi connectivity index (χ1v) is 7.34. The van der Waals surface area contributed by atoms with Crippen LogP contribution in [0.25, 0.3) is 0 Å². The molecule has 0 radical (unpaired) electrons. The second-order valence-electron chi connectivity index (χ2n) is 6.03. The minimum atomic E-state index is -0.216. The fraction of sp³-hybridized carbons (Fsp3) is 0.562. The highest BCUT2D eigenvalue weighted by Crippen LogP contribution is 2.31. The van der Waals surface area contributed by atoms with E-state index in [0.29, 0.717) is 19.0 Å². The van der Waals surface area contributed by atoms with Gasteiger partial charge in [-0.1, -0.05) is 30.3 Å². The summed E-state index contributed by atoms with van der Waals surface area (Å²) >= 11 is 0. The largest absolute Gasteiger partial charge is 0.363 e. The van der Waals surface area contributed by atoms with Crippen LogP contribution in [0.15, 0.2) is 30.3 Å². The van der Waals surface area contributed by atoms with Gasteiger partial charge in [-0.2, -0.15) is 0 Å². The molecule has 2 aliphatic heterocycles. The minimum Gasteiger partial charge on any atom is -0.363 e. The van der Waals surface area contributed by atoms with E-state index < -0.39 is 0 Å². The lowest BCUT2D eigenvalue weighted by Crippen LogP contribution is -2.56. The van der Waals surface area contributed by atoms with Crippen molar-refractivity contribution in [3.63, 3.8) is 0 Å². The van der Waals surface area contributed by atoms with Gasteiger partial charge in [0.2, 0.25) is 5.91 Å². The van der Waals surface area contributed by atoms with E-state index in [0.717, 1.165) is 19.5 Å². The Kier molecular flexibility index (Phi) is 3.76. The first kappa shape index (κ1) is 13.6. The summed E-state index contributed by atoms with van der Waals surface area (Å²) in [5.41, 5.74) is 0.960. The molecule has 4 heteroatoms. The Labute approximate surface area is 120 Å². The van der Waals surface area contributed by atoms with Crippen molar-refractivity contribution in [2.24, 2.45) is 5.92 Å². The number of hydrogen-bond donors (Lipinski definition) is 1. The number of hydrogen-bond acceptors (Lipinski definition) is 3. The fourth-order valence-corrected chi connectivity index (χ4v) is 3.20. The van der Waals surface area contributed by atoms with Gasteiger partial charge in [0.1, 0.15) is 6.61 Å². The number of rotatable bonds is 3. The van der Waals surface area contributed by atoms with Gasteiger partial charge in [-0.3, -0.25) is 4.79 Å². The van der Waals surface area contributed by atoms with Gasteiger partial charge < -0.3 is 15.0 Å². The van der Waals surface area contributed by atoms with Crippen molar-refractivity contribution in [1.29, 1.82) is 0 Å². The molecule has 3 rings (SSSR count). The molecule has 0 aliphatic carbocycles. The lowest BCUT2D eigenvalue weighted by molar-refractivity contribution is -0.169. The number of nitrogens with zero attached hydrogens (tertiary/aromatic N) is 1. The Morgan fingerprint density at radius 3 is 2.90 bits per heavy atom. The van der Waals surface area contributed by atoms with E-state index in [1.54, 1.807) is 0 Å². The zero-order valence-corrected chi connectivity index (χ0v) is 12.0. The van der Waals surface area contributed by atoms with E-state index in [-0.39, 0.29) is 18.1 Å². The molecule has 2 unspecified atom stereocenters. The highest BCUT2D eigenvalue weighted by atomic mass is 16.5. The summed E-state index contributed by atoms with van der Waals surface area (Å²) in [6.45, 7) is 5.76. The van der Waals surface area contributed by atoms with Gasteiger partial charge in [-0.25, -0.2) is 0 Å². The first-order valence-electron chi connectivity index (χ1n) is 7.34. The van der Waals surface area contributed by atoms with Crippen LogP contribution in [0.1, 0.15) is 18.9 Å². The summed E-state index contributed by atoms with van der Waals surface area (Å²) in [6.07, 6.45) is 1.13. The molecule has 0 saturated carbocycles. The predicted octanol–water partition coefficient (Wildman–Crippen LogP) is 1.41. The third-order valence-electron chi connectivity index (χ3n) is 4.52. The number of amides is 1. The number of carbonyl (C=O) groups is 1. The molecular weight excluding hydrogens is 252 g/mol. The Balaban J connectivity index is 1.71. The van der Waals surface area contributed by atoms with Crippen LogP contribution in [-0.4, -0.2) is 42.6 Å². The maximum atomic E-state index is 12.1. The van der Waals surface area contributed by atoms with E-state index in [2.05, 4.69) is 24.4 Å². The van der Waals surface area contributed by atoms with E-state index in [1.165, 1.54) is 5.56 Å². The highest BCUT2D eigenvalue weighted by molar-refractivity contribution is 5.78. The van der Waals surface area contributed by atoms with Crippen LogP contribution < -0.4 is 5.32 Å². The van der Waals surface area contributed by atoms with Gasteiger partial charge in [0.05, 0.1) is 12.1 Å². The smallest absolute Gasteiger partial charge is 0.248 e. The summed E-state index contributed by atoms with van der Waals surface area (Å²) in [7, 11) is 0. The fourth-order valence-electron chi connectivity index (χ4n) is 3.20. The zero-order valence-electron chi connectivity index (χ0n) is 12.0. The molecule has 1 amide bonds. The quantitative estimate of drug-likeness (QED) is 0.906. The summed E-state index contributed by atoms with van der Waals surface area (Å²) in [5, 5.41) is 3.39. The van der Waals surface area contributed by atoms with Crippen LogP contribution in [0.3, 0.4) is 0 Å². The first-order chi connectivity index (χ1) is 9.67. The van der Waals surface area contributed by atoms with Crippen molar-refractivity contribution < 1.29 is 9.53 Å². The van der Waals surface area contributed by atoms with Gasteiger partial charge in [0.15, 0.2) is 0 Å². The third kappa shape index (κ3) is 2.72. The molecule has 2 heterocycles.